The fourth-order valence-corrected chi connectivity index (χ4v) is 3.29. The number of aromatic amines is 1. The fraction of sp³-hybridized carbons (Fsp3) is 0.556. The Hall–Kier alpha value is -2.04. The summed E-state index contributed by atoms with van der Waals surface area (Å²) in [5.74, 6) is 2.87. The standard InChI is InChI=1S/C18H27N5/c1-14-7-6-12-23(13-14)18(19-2)20-11-5-10-17-21-15-8-3-4-9-16(15)22-17/h3-4,8-9,14H,5-7,10-13H2,1-2H3,(H,19,20)(H,21,22). The molecule has 3 rings (SSSR count). The number of H-pyrrole nitrogens is 1. The molecule has 1 saturated heterocycles. The maximum absolute atomic E-state index is 4.63. The maximum Gasteiger partial charge on any atom is 0.193 e. The van der Waals surface area contributed by atoms with Crippen molar-refractivity contribution < 1.29 is 0 Å². The van der Waals surface area contributed by atoms with E-state index in [0.717, 1.165) is 61.2 Å². The Kier molecular flexibility index (Phi) is 5.16. The van der Waals surface area contributed by atoms with E-state index >= 15 is 0 Å². The topological polar surface area (TPSA) is 56.3 Å². The summed E-state index contributed by atoms with van der Waals surface area (Å²) < 4.78 is 0. The molecule has 1 aliphatic rings. The third-order valence-electron chi connectivity index (χ3n) is 4.48. The molecule has 1 unspecified atom stereocenters. The highest BCUT2D eigenvalue weighted by Gasteiger charge is 2.18. The second-order valence-electron chi connectivity index (χ2n) is 6.47. The van der Waals surface area contributed by atoms with Crippen LogP contribution < -0.4 is 5.32 Å². The molecule has 1 fully saturated rings. The molecule has 0 aliphatic carbocycles. The summed E-state index contributed by atoms with van der Waals surface area (Å²) in [6.07, 6.45) is 4.59. The third-order valence-corrected chi connectivity index (χ3v) is 4.48. The minimum Gasteiger partial charge on any atom is -0.356 e. The molecule has 2 heterocycles. The first kappa shape index (κ1) is 15.8. The van der Waals surface area contributed by atoms with Crippen LogP contribution in [0.2, 0.25) is 0 Å². The Balaban J connectivity index is 1.46. The Morgan fingerprint density at radius 1 is 1.43 bits per heavy atom. The van der Waals surface area contributed by atoms with Crippen molar-refractivity contribution in [3.05, 3.63) is 30.1 Å². The van der Waals surface area contributed by atoms with Crippen LogP contribution in [0.15, 0.2) is 29.3 Å². The van der Waals surface area contributed by atoms with Gasteiger partial charge in [0.15, 0.2) is 5.96 Å². The summed E-state index contributed by atoms with van der Waals surface area (Å²) in [6, 6.07) is 8.18. The van der Waals surface area contributed by atoms with Crippen molar-refractivity contribution in [2.24, 2.45) is 10.9 Å². The van der Waals surface area contributed by atoms with Gasteiger partial charge in [-0.15, -0.1) is 0 Å². The van der Waals surface area contributed by atoms with Crippen LogP contribution in [0.5, 0.6) is 0 Å². The van der Waals surface area contributed by atoms with Gasteiger partial charge in [0.05, 0.1) is 11.0 Å². The lowest BCUT2D eigenvalue weighted by molar-refractivity contribution is 0.266. The van der Waals surface area contributed by atoms with Crippen molar-refractivity contribution in [1.29, 1.82) is 0 Å². The van der Waals surface area contributed by atoms with Crippen molar-refractivity contribution in [2.75, 3.05) is 26.7 Å². The number of aryl methyl sites for hydroxylation is 1. The zero-order chi connectivity index (χ0) is 16.1. The SMILES string of the molecule is CN=C(NCCCc1nc2ccccc2[nH]1)N1CCCC(C)C1. The molecule has 0 radical (unpaired) electrons. The van der Waals surface area contributed by atoms with Crippen molar-refractivity contribution in [1.82, 2.24) is 20.2 Å². The number of aliphatic imine (C=N–C) groups is 1. The highest BCUT2D eigenvalue weighted by Crippen LogP contribution is 2.15. The van der Waals surface area contributed by atoms with Gasteiger partial charge in [0.25, 0.3) is 0 Å². The van der Waals surface area contributed by atoms with Gasteiger partial charge in [-0.2, -0.15) is 0 Å². The van der Waals surface area contributed by atoms with Gasteiger partial charge < -0.3 is 15.2 Å². The van der Waals surface area contributed by atoms with E-state index in [9.17, 15) is 0 Å². The van der Waals surface area contributed by atoms with Gasteiger partial charge >= 0.3 is 0 Å². The number of piperidine rings is 1. The van der Waals surface area contributed by atoms with E-state index in [4.69, 9.17) is 0 Å². The number of fused-ring (bicyclic) bond motifs is 1. The normalized spacial score (nSPS) is 19.3. The van der Waals surface area contributed by atoms with Gasteiger partial charge in [0.2, 0.25) is 0 Å². The third kappa shape index (κ3) is 4.03. The van der Waals surface area contributed by atoms with Crippen molar-refractivity contribution in [3.63, 3.8) is 0 Å². The molecule has 0 bridgehead atoms. The molecular formula is C18H27N5. The predicted octanol–water partition coefficient (Wildman–Crippen LogP) is 2.80. The second-order valence-corrected chi connectivity index (χ2v) is 6.47. The van der Waals surface area contributed by atoms with Crippen LogP contribution in [-0.2, 0) is 6.42 Å². The van der Waals surface area contributed by atoms with Crippen molar-refractivity contribution >= 4 is 17.0 Å². The molecule has 2 aromatic rings. The van der Waals surface area contributed by atoms with Crippen LogP contribution in [0.3, 0.4) is 0 Å². The number of guanidine groups is 1. The lowest BCUT2D eigenvalue weighted by Gasteiger charge is -2.33. The highest BCUT2D eigenvalue weighted by atomic mass is 15.3. The molecule has 1 atom stereocenters. The average Bonchev–Trinajstić information content (AvgIpc) is 2.97. The monoisotopic (exact) mass is 313 g/mol. The van der Waals surface area contributed by atoms with Gasteiger partial charge in [0.1, 0.15) is 5.82 Å². The van der Waals surface area contributed by atoms with Crippen LogP contribution in [0.1, 0.15) is 32.0 Å². The molecule has 23 heavy (non-hydrogen) atoms. The number of hydrogen-bond acceptors (Lipinski definition) is 2. The van der Waals surface area contributed by atoms with E-state index in [0.29, 0.717) is 0 Å². The second kappa shape index (κ2) is 7.49. The number of aromatic nitrogens is 2. The van der Waals surface area contributed by atoms with Crippen molar-refractivity contribution in [3.8, 4) is 0 Å². The number of imidazole rings is 1. The van der Waals surface area contributed by atoms with Crippen LogP contribution in [-0.4, -0.2) is 47.5 Å². The lowest BCUT2D eigenvalue weighted by Crippen LogP contribution is -2.46. The first-order valence-corrected chi connectivity index (χ1v) is 8.65. The molecule has 1 aromatic heterocycles. The van der Waals surface area contributed by atoms with E-state index in [-0.39, 0.29) is 0 Å². The van der Waals surface area contributed by atoms with Gasteiger partial charge in [-0.05, 0) is 37.3 Å². The van der Waals surface area contributed by atoms with E-state index in [1.54, 1.807) is 0 Å². The average molecular weight is 313 g/mol. The molecule has 2 N–H and O–H groups in total. The molecule has 1 aliphatic heterocycles. The number of benzene rings is 1. The number of nitrogens with zero attached hydrogens (tertiary/aromatic N) is 3. The van der Waals surface area contributed by atoms with Gasteiger partial charge in [-0.3, -0.25) is 4.99 Å². The minimum absolute atomic E-state index is 0.762. The number of rotatable bonds is 4. The Labute approximate surface area is 138 Å². The number of likely N-dealkylation sites (tertiary alicyclic amines) is 1. The molecule has 0 saturated carbocycles. The van der Waals surface area contributed by atoms with E-state index in [1.165, 1.54) is 12.8 Å². The number of nitrogens with one attached hydrogen (secondary N) is 2. The van der Waals surface area contributed by atoms with Crippen LogP contribution in [0.25, 0.3) is 11.0 Å². The predicted molar refractivity (Wildman–Crippen MR) is 95.7 cm³/mol. The zero-order valence-electron chi connectivity index (χ0n) is 14.2. The molecule has 0 amide bonds. The molecule has 124 valence electrons. The zero-order valence-corrected chi connectivity index (χ0v) is 14.2. The summed E-state index contributed by atoms with van der Waals surface area (Å²) in [5.41, 5.74) is 2.17. The van der Waals surface area contributed by atoms with Gasteiger partial charge in [-0.1, -0.05) is 19.1 Å². The van der Waals surface area contributed by atoms with E-state index in [2.05, 4.69) is 38.2 Å². The van der Waals surface area contributed by atoms with E-state index in [1.807, 2.05) is 25.2 Å². The maximum atomic E-state index is 4.63. The first-order valence-electron chi connectivity index (χ1n) is 8.65. The molecule has 0 spiro atoms. The largest absolute Gasteiger partial charge is 0.356 e. The Morgan fingerprint density at radius 3 is 3.09 bits per heavy atom. The minimum atomic E-state index is 0.762. The van der Waals surface area contributed by atoms with E-state index < -0.39 is 0 Å². The highest BCUT2D eigenvalue weighted by molar-refractivity contribution is 5.80. The smallest absolute Gasteiger partial charge is 0.193 e. The van der Waals surface area contributed by atoms with Crippen molar-refractivity contribution in [2.45, 2.75) is 32.6 Å². The Bertz CT molecular complexity index is 627. The quantitative estimate of drug-likeness (QED) is 0.518. The molecule has 5 heteroatoms. The van der Waals surface area contributed by atoms with Gasteiger partial charge in [0, 0.05) is 33.1 Å². The Morgan fingerprint density at radius 2 is 2.30 bits per heavy atom. The number of hydrogen-bond donors (Lipinski definition) is 2. The first-order chi connectivity index (χ1) is 11.3. The summed E-state index contributed by atoms with van der Waals surface area (Å²) >= 11 is 0. The van der Waals surface area contributed by atoms with Gasteiger partial charge in [-0.25, -0.2) is 4.98 Å². The summed E-state index contributed by atoms with van der Waals surface area (Å²) in [7, 11) is 1.88. The summed E-state index contributed by atoms with van der Waals surface area (Å²) in [4.78, 5) is 14.8. The summed E-state index contributed by atoms with van der Waals surface area (Å²) in [6.45, 7) is 5.48. The molecular weight excluding hydrogens is 286 g/mol. The van der Waals surface area contributed by atoms with Crippen LogP contribution in [0.4, 0.5) is 0 Å². The molecule has 1 aromatic carbocycles. The molecule has 5 nitrogen and oxygen atoms in total. The van der Waals surface area contributed by atoms with Crippen LogP contribution in [0, 0.1) is 5.92 Å². The summed E-state index contributed by atoms with van der Waals surface area (Å²) in [5, 5.41) is 3.50. The number of para-hydroxylation sites is 2. The van der Waals surface area contributed by atoms with Crippen LogP contribution >= 0.6 is 0 Å². The lowest BCUT2D eigenvalue weighted by atomic mass is 10.0. The fourth-order valence-electron chi connectivity index (χ4n) is 3.29.